The largest absolute Gasteiger partial charge is 0.457 e. The summed E-state index contributed by atoms with van der Waals surface area (Å²) in [6.45, 7) is -0.0482. The van der Waals surface area contributed by atoms with Gasteiger partial charge < -0.3 is 14.5 Å². The number of esters is 1. The van der Waals surface area contributed by atoms with E-state index in [1.54, 1.807) is 30.5 Å². The Balaban J connectivity index is 1.40. The summed E-state index contributed by atoms with van der Waals surface area (Å²) in [6, 6.07) is 20.0. The Morgan fingerprint density at radius 1 is 1.06 bits per heavy atom. The molecule has 0 saturated heterocycles. The first-order valence-electron chi connectivity index (χ1n) is 9.98. The number of nitrogens with zero attached hydrogens (tertiary/aromatic N) is 2. The van der Waals surface area contributed by atoms with Gasteiger partial charge in [0.2, 0.25) is 5.91 Å². The Bertz CT molecular complexity index is 1360. The van der Waals surface area contributed by atoms with Crippen LogP contribution in [-0.2, 0) is 16.1 Å². The third kappa shape index (κ3) is 5.22. The van der Waals surface area contributed by atoms with Gasteiger partial charge >= 0.3 is 5.97 Å². The number of fused-ring (bicyclic) bond motifs is 1. The van der Waals surface area contributed by atoms with E-state index in [9.17, 15) is 19.2 Å². The van der Waals surface area contributed by atoms with Gasteiger partial charge in [0.05, 0.1) is 22.4 Å². The highest BCUT2D eigenvalue weighted by molar-refractivity contribution is 8.00. The molecule has 0 atom stereocenters. The summed E-state index contributed by atoms with van der Waals surface area (Å²) in [7, 11) is 0. The first-order valence-corrected chi connectivity index (χ1v) is 11.0. The predicted octanol–water partition coefficient (Wildman–Crippen LogP) is 5.04. The maximum absolute atomic E-state index is 13.0. The van der Waals surface area contributed by atoms with Gasteiger partial charge in [-0.1, -0.05) is 18.2 Å². The van der Waals surface area contributed by atoms with Crippen molar-refractivity contribution in [2.45, 2.75) is 11.5 Å². The van der Waals surface area contributed by atoms with E-state index in [1.807, 2.05) is 28.8 Å². The Morgan fingerprint density at radius 3 is 2.61 bits per heavy atom. The highest BCUT2D eigenvalue weighted by Crippen LogP contribution is 2.25. The lowest BCUT2D eigenvalue weighted by Gasteiger charge is -2.10. The number of anilines is 1. The monoisotopic (exact) mass is 459 g/mol. The summed E-state index contributed by atoms with van der Waals surface area (Å²) in [5.41, 5.74) is 2.64. The summed E-state index contributed by atoms with van der Waals surface area (Å²) >= 11 is 1.20. The van der Waals surface area contributed by atoms with E-state index in [0.717, 1.165) is 5.52 Å². The van der Waals surface area contributed by atoms with Crippen LogP contribution in [0.5, 0.6) is 0 Å². The summed E-state index contributed by atoms with van der Waals surface area (Å²) in [5.74, 6) is -1.15. The van der Waals surface area contributed by atoms with E-state index in [0.29, 0.717) is 27.3 Å². The maximum atomic E-state index is 13.0. The fourth-order valence-corrected chi connectivity index (χ4v) is 4.11. The molecule has 0 aliphatic heterocycles. The number of aromatic nitrogens is 1. The molecule has 0 bridgehead atoms. The Kier molecular flexibility index (Phi) is 6.72. The van der Waals surface area contributed by atoms with Gasteiger partial charge in [0.1, 0.15) is 18.5 Å². The van der Waals surface area contributed by atoms with Gasteiger partial charge in [0, 0.05) is 28.5 Å². The van der Waals surface area contributed by atoms with Crippen LogP contribution in [0.1, 0.15) is 21.5 Å². The molecule has 2 heterocycles. The summed E-state index contributed by atoms with van der Waals surface area (Å²) < 4.78 is 20.3. The van der Waals surface area contributed by atoms with Crippen LogP contribution in [0.3, 0.4) is 0 Å². The van der Waals surface area contributed by atoms with Crippen LogP contribution in [0.25, 0.3) is 5.52 Å². The third-order valence-corrected chi connectivity index (χ3v) is 5.90. The topological polar surface area (TPSA) is 83.6 Å². The zero-order chi connectivity index (χ0) is 23.2. The molecule has 0 unspecified atom stereocenters. The number of rotatable bonds is 7. The minimum Gasteiger partial charge on any atom is -0.457 e. The zero-order valence-corrected chi connectivity index (χ0v) is 18.1. The molecule has 1 N–H and O–H groups in total. The fraction of sp³-hybridized carbons (Fsp3) is 0.0800. The van der Waals surface area contributed by atoms with Gasteiger partial charge in [-0.05, 0) is 48.5 Å². The Hall–Kier alpha value is -4.09. The molecule has 8 heteroatoms. The van der Waals surface area contributed by atoms with Crippen molar-refractivity contribution in [1.29, 1.82) is 5.26 Å². The molecule has 1 amide bonds. The van der Waals surface area contributed by atoms with E-state index < -0.39 is 5.97 Å². The number of hydrogen-bond donors (Lipinski definition) is 1. The highest BCUT2D eigenvalue weighted by Gasteiger charge is 2.17. The van der Waals surface area contributed by atoms with E-state index in [1.165, 1.54) is 36.0 Å². The van der Waals surface area contributed by atoms with Crippen LogP contribution in [0.4, 0.5) is 10.1 Å². The van der Waals surface area contributed by atoms with Crippen LogP contribution in [0.2, 0.25) is 0 Å². The van der Waals surface area contributed by atoms with Gasteiger partial charge in [-0.2, -0.15) is 5.26 Å². The molecule has 4 aromatic rings. The van der Waals surface area contributed by atoms with E-state index in [4.69, 9.17) is 4.74 Å². The van der Waals surface area contributed by atoms with Crippen molar-refractivity contribution in [3.63, 3.8) is 0 Å². The fourth-order valence-electron chi connectivity index (χ4n) is 3.27. The van der Waals surface area contributed by atoms with E-state index in [2.05, 4.69) is 11.4 Å². The van der Waals surface area contributed by atoms with Crippen molar-refractivity contribution in [3.05, 3.63) is 102 Å². The number of hydrogen-bond acceptors (Lipinski definition) is 5. The number of carbonyl (C=O) groups is 2. The second-order valence-electron chi connectivity index (χ2n) is 7.05. The van der Waals surface area contributed by atoms with Gasteiger partial charge in [0.15, 0.2) is 0 Å². The van der Waals surface area contributed by atoms with Gasteiger partial charge in [-0.25, -0.2) is 9.18 Å². The van der Waals surface area contributed by atoms with Gasteiger partial charge in [0.25, 0.3) is 0 Å². The molecule has 2 aromatic carbocycles. The number of nitriles is 1. The molecular weight excluding hydrogens is 441 g/mol. The van der Waals surface area contributed by atoms with Crippen molar-refractivity contribution in [1.82, 2.24) is 4.40 Å². The minimum absolute atomic E-state index is 0.0482. The lowest BCUT2D eigenvalue weighted by Crippen LogP contribution is -2.14. The summed E-state index contributed by atoms with van der Waals surface area (Å²) in [5, 5.41) is 12.2. The molecule has 0 aliphatic carbocycles. The first-order chi connectivity index (χ1) is 16.0. The van der Waals surface area contributed by atoms with E-state index >= 15 is 0 Å². The standard InChI is InChI=1S/C25H18FN3O3S/c26-18-8-10-19(11-9-18)28-24(30)16-33-23-7-2-1-5-20(23)25(31)32-15-17-14-29-12-4-3-6-22(29)21(17)13-27/h1-12,14H,15-16H2,(H,28,30). The van der Waals surface area contributed by atoms with Crippen molar-refractivity contribution < 1.29 is 18.7 Å². The van der Waals surface area contributed by atoms with Crippen LogP contribution >= 0.6 is 11.8 Å². The smallest absolute Gasteiger partial charge is 0.339 e. The van der Waals surface area contributed by atoms with Crippen molar-refractivity contribution >= 4 is 34.8 Å². The van der Waals surface area contributed by atoms with Gasteiger partial charge in [-0.15, -0.1) is 11.8 Å². The molecular formula is C25H18FN3O3S. The van der Waals surface area contributed by atoms with Crippen molar-refractivity contribution in [2.24, 2.45) is 0 Å². The van der Waals surface area contributed by atoms with Gasteiger partial charge in [-0.3, -0.25) is 4.79 Å². The van der Waals surface area contributed by atoms with E-state index in [-0.39, 0.29) is 24.1 Å². The maximum Gasteiger partial charge on any atom is 0.339 e. The first kappa shape index (κ1) is 22.1. The second kappa shape index (κ2) is 10.0. The number of amides is 1. The van der Waals surface area contributed by atoms with Crippen LogP contribution in [0.15, 0.2) is 84.0 Å². The summed E-state index contributed by atoms with van der Waals surface area (Å²) in [4.78, 5) is 25.6. The number of ether oxygens (including phenoxy) is 1. The number of thioether (sulfide) groups is 1. The number of pyridine rings is 1. The quantitative estimate of drug-likeness (QED) is 0.309. The van der Waals surface area contributed by atoms with Crippen molar-refractivity contribution in [2.75, 3.05) is 11.1 Å². The van der Waals surface area contributed by atoms with Crippen LogP contribution < -0.4 is 5.32 Å². The lowest BCUT2D eigenvalue weighted by atomic mass is 10.2. The molecule has 4 rings (SSSR count). The van der Waals surface area contributed by atoms with Crippen LogP contribution in [-0.4, -0.2) is 22.0 Å². The minimum atomic E-state index is -0.545. The summed E-state index contributed by atoms with van der Waals surface area (Å²) in [6.07, 6.45) is 3.59. The Morgan fingerprint density at radius 2 is 1.82 bits per heavy atom. The number of halogens is 1. The van der Waals surface area contributed by atoms with Crippen molar-refractivity contribution in [3.8, 4) is 6.07 Å². The molecule has 164 valence electrons. The molecule has 33 heavy (non-hydrogen) atoms. The average Bonchev–Trinajstić information content (AvgIpc) is 3.20. The number of carbonyl (C=O) groups excluding carboxylic acids is 2. The molecule has 0 spiro atoms. The number of benzene rings is 2. The zero-order valence-electron chi connectivity index (χ0n) is 17.3. The molecule has 0 radical (unpaired) electrons. The van der Waals surface area contributed by atoms with Crippen LogP contribution in [0, 0.1) is 17.1 Å². The molecule has 6 nitrogen and oxygen atoms in total. The predicted molar refractivity (Wildman–Crippen MR) is 123 cm³/mol. The molecule has 2 aromatic heterocycles. The molecule has 0 saturated carbocycles. The number of nitrogens with one attached hydrogen (secondary N) is 1. The highest BCUT2D eigenvalue weighted by atomic mass is 32.2. The second-order valence-corrected chi connectivity index (χ2v) is 8.07. The molecule has 0 fully saturated rings. The molecule has 0 aliphatic rings. The third-order valence-electron chi connectivity index (χ3n) is 4.83. The average molecular weight is 460 g/mol. The normalized spacial score (nSPS) is 10.5. The Labute approximate surface area is 193 Å². The SMILES string of the molecule is N#Cc1c(COC(=O)c2ccccc2SCC(=O)Nc2ccc(F)cc2)cn2ccccc12. The lowest BCUT2D eigenvalue weighted by molar-refractivity contribution is -0.113.